The Kier molecular flexibility index (Phi) is 9.43. The van der Waals surface area contributed by atoms with Gasteiger partial charge in [-0.2, -0.15) is 0 Å². The molecule has 15 nitrogen and oxygen atoms in total. The summed E-state index contributed by atoms with van der Waals surface area (Å²) in [6.45, 7) is 4.05. The van der Waals surface area contributed by atoms with Crippen LogP contribution in [0.5, 0.6) is 28.7 Å². The zero-order valence-corrected chi connectivity index (χ0v) is 24.9. The summed E-state index contributed by atoms with van der Waals surface area (Å²) in [6, 6.07) is 9.31. The molecule has 3 aromatic rings. The van der Waals surface area contributed by atoms with E-state index in [-0.39, 0.29) is 45.3 Å². The van der Waals surface area contributed by atoms with Crippen molar-refractivity contribution in [3.63, 3.8) is 0 Å². The maximum atomic E-state index is 13.6. The van der Waals surface area contributed by atoms with Crippen molar-refractivity contribution < 1.29 is 43.2 Å². The van der Waals surface area contributed by atoms with Gasteiger partial charge in [0.1, 0.15) is 17.1 Å². The van der Waals surface area contributed by atoms with Crippen molar-refractivity contribution in [2.24, 2.45) is 0 Å². The van der Waals surface area contributed by atoms with Gasteiger partial charge in [0, 0.05) is 12.1 Å². The molecule has 0 radical (unpaired) electrons. The highest BCUT2D eigenvalue weighted by atomic mass is 79.9. The minimum Gasteiger partial charge on any atom is -0.494 e. The van der Waals surface area contributed by atoms with Crippen molar-refractivity contribution in [2.45, 2.75) is 13.8 Å². The Labute approximate surface area is 257 Å². The number of ether oxygens (including phenoxy) is 4. The maximum absolute atomic E-state index is 13.6. The van der Waals surface area contributed by atoms with E-state index >= 15 is 0 Å². The van der Waals surface area contributed by atoms with Crippen LogP contribution < -0.4 is 29.2 Å². The van der Waals surface area contributed by atoms with Gasteiger partial charge in [0.15, 0.2) is 11.5 Å². The maximum Gasteiger partial charge on any atom is 0.336 e. The average Bonchev–Trinajstić information content (AvgIpc) is 2.97. The van der Waals surface area contributed by atoms with Crippen molar-refractivity contribution in [1.82, 2.24) is 5.32 Å². The van der Waals surface area contributed by atoms with Gasteiger partial charge >= 0.3 is 11.7 Å². The molecule has 44 heavy (non-hydrogen) atoms. The van der Waals surface area contributed by atoms with Crippen LogP contribution in [0.4, 0.5) is 21.9 Å². The molecule has 1 N–H and O–H groups in total. The van der Waals surface area contributed by atoms with E-state index in [4.69, 9.17) is 18.9 Å². The Morgan fingerprint density at radius 1 is 0.909 bits per heavy atom. The number of anilines is 1. The zero-order valence-electron chi connectivity index (χ0n) is 23.3. The van der Waals surface area contributed by atoms with Crippen molar-refractivity contribution in [2.75, 3.05) is 25.2 Å². The predicted molar refractivity (Wildman–Crippen MR) is 158 cm³/mol. The normalized spacial score (nSPS) is 13.9. The van der Waals surface area contributed by atoms with Crippen molar-refractivity contribution in [1.29, 1.82) is 0 Å². The highest BCUT2D eigenvalue weighted by molar-refractivity contribution is 9.10. The molecule has 0 spiro atoms. The van der Waals surface area contributed by atoms with Crippen LogP contribution in [0.3, 0.4) is 0 Å². The molecule has 3 aromatic carbocycles. The second-order valence-electron chi connectivity index (χ2n) is 8.76. The fourth-order valence-corrected chi connectivity index (χ4v) is 4.67. The molecule has 1 heterocycles. The molecular formula is C28H23BrN4O11. The summed E-state index contributed by atoms with van der Waals surface area (Å²) < 4.78 is 22.4. The predicted octanol–water partition coefficient (Wildman–Crippen LogP) is 5.53. The molecule has 0 aromatic heterocycles. The van der Waals surface area contributed by atoms with Crippen LogP contribution in [0.15, 0.2) is 58.6 Å². The number of halogens is 1. The molecule has 4 rings (SSSR count). The number of nitro benzene ring substituents is 2. The van der Waals surface area contributed by atoms with Gasteiger partial charge in [-0.15, -0.1) is 0 Å². The van der Waals surface area contributed by atoms with E-state index in [1.807, 2.05) is 0 Å². The molecule has 4 amide bonds. The Morgan fingerprint density at radius 2 is 1.61 bits per heavy atom. The molecule has 1 aliphatic rings. The van der Waals surface area contributed by atoms with Gasteiger partial charge in [-0.3, -0.25) is 35.1 Å². The molecule has 1 saturated heterocycles. The van der Waals surface area contributed by atoms with Crippen molar-refractivity contribution in [3.8, 4) is 28.7 Å². The number of barbiturate groups is 1. The summed E-state index contributed by atoms with van der Waals surface area (Å²) >= 11 is 3.31. The van der Waals surface area contributed by atoms with E-state index < -0.39 is 44.6 Å². The number of urea groups is 1. The number of methoxy groups -OCH3 is 1. The van der Waals surface area contributed by atoms with E-state index in [9.17, 15) is 34.6 Å². The largest absolute Gasteiger partial charge is 0.494 e. The molecular weight excluding hydrogens is 648 g/mol. The number of carbonyl (C=O) groups excluding carboxylic acids is 3. The van der Waals surface area contributed by atoms with Crippen LogP contribution in [0.2, 0.25) is 0 Å². The average molecular weight is 671 g/mol. The topological polar surface area (TPSA) is 190 Å². The number of rotatable bonds is 11. The molecule has 0 atom stereocenters. The highest BCUT2D eigenvalue weighted by Gasteiger charge is 2.38. The fourth-order valence-electron chi connectivity index (χ4n) is 4.13. The van der Waals surface area contributed by atoms with Crippen LogP contribution in [-0.4, -0.2) is 48.0 Å². The third kappa shape index (κ3) is 6.44. The third-order valence-electron chi connectivity index (χ3n) is 6.01. The quantitative estimate of drug-likeness (QED) is 0.117. The molecule has 0 aliphatic carbocycles. The first-order valence-electron chi connectivity index (χ1n) is 12.8. The van der Waals surface area contributed by atoms with Gasteiger partial charge in [-0.25, -0.2) is 9.69 Å². The molecule has 228 valence electrons. The SMILES string of the molecule is CCOc1ccc(OCC)c(N2C(=O)NC(=O)/C(=C\c3cc(Br)c(Oc4ccc([N+](=O)[O-])cc4[N+](=O)[O-])c(OC)c3)C2=O)c1. The van der Waals surface area contributed by atoms with Crippen LogP contribution in [0, 0.1) is 20.2 Å². The first kappa shape index (κ1) is 31.4. The monoisotopic (exact) mass is 670 g/mol. The Balaban J connectivity index is 1.74. The molecule has 0 saturated carbocycles. The van der Waals surface area contributed by atoms with Gasteiger partial charge in [-0.05, 0) is 71.7 Å². The lowest BCUT2D eigenvalue weighted by Crippen LogP contribution is -2.54. The first-order chi connectivity index (χ1) is 21.0. The smallest absolute Gasteiger partial charge is 0.336 e. The van der Waals surface area contributed by atoms with Crippen LogP contribution in [0.25, 0.3) is 6.08 Å². The lowest BCUT2D eigenvalue weighted by molar-refractivity contribution is -0.394. The Bertz CT molecular complexity index is 1720. The number of benzene rings is 3. The molecule has 1 fully saturated rings. The van der Waals surface area contributed by atoms with Gasteiger partial charge in [-0.1, -0.05) is 0 Å². The van der Waals surface area contributed by atoms with E-state index in [0.717, 1.165) is 23.1 Å². The van der Waals surface area contributed by atoms with Crippen LogP contribution in [0.1, 0.15) is 19.4 Å². The number of hydrogen-bond acceptors (Lipinski definition) is 11. The Morgan fingerprint density at radius 3 is 2.25 bits per heavy atom. The molecule has 16 heteroatoms. The van der Waals surface area contributed by atoms with Gasteiger partial charge in [0.05, 0.1) is 46.4 Å². The van der Waals surface area contributed by atoms with Crippen LogP contribution in [-0.2, 0) is 9.59 Å². The number of nitro groups is 2. The summed E-state index contributed by atoms with van der Waals surface area (Å²) in [5.74, 6) is -1.63. The van der Waals surface area contributed by atoms with E-state index in [1.54, 1.807) is 26.0 Å². The molecule has 0 unspecified atom stereocenters. The standard InChI is InChI=1S/C28H23BrN4O11/c1-4-42-17-7-9-22(43-5-2)20(14-17)31-27(35)18(26(34)30-28(31)36)10-15-11-19(29)25(24(12-15)41-3)44-23-8-6-16(32(37)38)13-21(23)33(39)40/h6-14H,4-5H2,1-3H3,(H,30,34,36)/b18-10+. The number of imide groups is 2. The fraction of sp³-hybridized carbons (Fsp3) is 0.179. The minimum atomic E-state index is -0.987. The number of hydrogen-bond donors (Lipinski definition) is 1. The van der Waals surface area contributed by atoms with Gasteiger partial charge in [0.2, 0.25) is 5.75 Å². The van der Waals surface area contributed by atoms with Crippen LogP contribution >= 0.6 is 15.9 Å². The number of nitrogens with zero attached hydrogens (tertiary/aromatic N) is 3. The first-order valence-corrected chi connectivity index (χ1v) is 13.6. The van der Waals surface area contributed by atoms with Gasteiger partial charge < -0.3 is 18.9 Å². The second-order valence-corrected chi connectivity index (χ2v) is 9.61. The number of nitrogens with one attached hydrogen (secondary N) is 1. The summed E-state index contributed by atoms with van der Waals surface area (Å²) in [5.41, 5.74) is -1.25. The Hall–Kier alpha value is -5.51. The lowest BCUT2D eigenvalue weighted by Gasteiger charge is -2.28. The van der Waals surface area contributed by atoms with E-state index in [1.165, 1.54) is 31.4 Å². The number of carbonyl (C=O) groups is 3. The summed E-state index contributed by atoms with van der Waals surface area (Å²) in [7, 11) is 1.29. The third-order valence-corrected chi connectivity index (χ3v) is 6.60. The van der Waals surface area contributed by atoms with Crippen molar-refractivity contribution in [3.05, 3.63) is 84.4 Å². The highest BCUT2D eigenvalue weighted by Crippen LogP contribution is 2.43. The van der Waals surface area contributed by atoms with Crippen molar-refractivity contribution >= 4 is 56.9 Å². The minimum absolute atomic E-state index is 0.0264. The second kappa shape index (κ2) is 13.2. The molecule has 0 bridgehead atoms. The summed E-state index contributed by atoms with van der Waals surface area (Å²) in [6.07, 6.45) is 1.22. The number of amides is 4. The summed E-state index contributed by atoms with van der Waals surface area (Å²) in [4.78, 5) is 61.1. The number of non-ortho nitro benzene ring substituents is 1. The molecule has 1 aliphatic heterocycles. The lowest BCUT2D eigenvalue weighted by atomic mass is 10.1. The van der Waals surface area contributed by atoms with E-state index in [2.05, 4.69) is 21.2 Å². The van der Waals surface area contributed by atoms with Gasteiger partial charge in [0.25, 0.3) is 17.5 Å². The summed E-state index contributed by atoms with van der Waals surface area (Å²) in [5, 5.41) is 24.8. The van der Waals surface area contributed by atoms with E-state index in [0.29, 0.717) is 12.4 Å². The zero-order chi connectivity index (χ0) is 32.1.